The molecule has 0 radical (unpaired) electrons. The number of hydrazone groups is 1. The van der Waals surface area contributed by atoms with E-state index in [0.29, 0.717) is 5.02 Å². The fourth-order valence-corrected chi connectivity index (χ4v) is 4.73. The quantitative estimate of drug-likeness (QED) is 0.264. The van der Waals surface area contributed by atoms with E-state index in [0.717, 1.165) is 50.5 Å². The van der Waals surface area contributed by atoms with Crippen LogP contribution in [-0.2, 0) is 0 Å². The number of nitrogens with one attached hydrogen (secondary N) is 1. The molecule has 4 heteroatoms. The monoisotopic (exact) mass is 497 g/mol. The van der Waals surface area contributed by atoms with E-state index < -0.39 is 0 Å². The highest BCUT2D eigenvalue weighted by Gasteiger charge is 2.19. The van der Waals surface area contributed by atoms with Gasteiger partial charge in [0.25, 0.3) is 0 Å². The Balaban J connectivity index is 1.40. The van der Waals surface area contributed by atoms with E-state index in [1.54, 1.807) is 0 Å². The molecule has 1 heterocycles. The molecule has 1 aliphatic rings. The molecule has 3 nitrogen and oxygen atoms in total. The highest BCUT2D eigenvalue weighted by Crippen LogP contribution is 2.32. The molecule has 0 fully saturated rings. The third-order valence-corrected chi connectivity index (χ3v) is 6.66. The first-order chi connectivity index (χ1) is 18.2. The molecule has 1 aliphatic heterocycles. The van der Waals surface area contributed by atoms with Crippen molar-refractivity contribution in [1.29, 1.82) is 0 Å². The molecule has 0 atom stereocenters. The van der Waals surface area contributed by atoms with E-state index in [9.17, 15) is 0 Å². The summed E-state index contributed by atoms with van der Waals surface area (Å²) in [6, 6.07) is 45.3. The zero-order valence-corrected chi connectivity index (χ0v) is 20.8. The van der Waals surface area contributed by atoms with Crippen molar-refractivity contribution in [3.63, 3.8) is 0 Å². The Morgan fingerprint density at radius 3 is 1.73 bits per heavy atom. The average Bonchev–Trinajstić information content (AvgIpc) is 2.98. The number of benzene rings is 5. The van der Waals surface area contributed by atoms with Crippen LogP contribution < -0.4 is 10.5 Å². The van der Waals surface area contributed by atoms with Crippen LogP contribution in [0.25, 0.3) is 28.0 Å². The first-order valence-corrected chi connectivity index (χ1v) is 12.6. The van der Waals surface area contributed by atoms with Crippen LogP contribution in [0.5, 0.6) is 0 Å². The highest BCUT2D eigenvalue weighted by atomic mass is 35.5. The van der Waals surface area contributed by atoms with Crippen molar-refractivity contribution in [3.8, 4) is 22.3 Å². The number of allylic oxidation sites excluding steroid dienone is 1. The predicted molar refractivity (Wildman–Crippen MR) is 155 cm³/mol. The SMILES string of the molecule is Clc1cc(-c2ccccc2)ccc1C1=CC(c2ccccc2)=NN(c2cccc(-c3ccccc3)c2)N1. The number of hydrogen-bond donors (Lipinski definition) is 1. The van der Waals surface area contributed by atoms with Gasteiger partial charge >= 0.3 is 0 Å². The van der Waals surface area contributed by atoms with Crippen LogP contribution in [0.3, 0.4) is 0 Å². The zero-order valence-electron chi connectivity index (χ0n) is 20.1. The average molecular weight is 498 g/mol. The van der Waals surface area contributed by atoms with Gasteiger partial charge < -0.3 is 0 Å². The molecule has 0 spiro atoms. The largest absolute Gasteiger partial charge is 0.277 e. The maximum absolute atomic E-state index is 6.87. The molecule has 1 N–H and O–H groups in total. The van der Waals surface area contributed by atoms with Gasteiger partial charge in [-0.2, -0.15) is 10.2 Å². The van der Waals surface area contributed by atoms with Crippen molar-refractivity contribution in [2.24, 2.45) is 5.10 Å². The minimum atomic E-state index is 0.674. The van der Waals surface area contributed by atoms with Gasteiger partial charge in [-0.1, -0.05) is 127 Å². The number of hydrogen-bond acceptors (Lipinski definition) is 3. The summed E-state index contributed by atoms with van der Waals surface area (Å²) in [5, 5.41) is 7.45. The Bertz CT molecular complexity index is 1590. The minimum Gasteiger partial charge on any atom is -0.277 e. The van der Waals surface area contributed by atoms with Crippen LogP contribution in [-0.4, -0.2) is 5.71 Å². The fraction of sp³-hybridized carbons (Fsp3) is 0. The predicted octanol–water partition coefficient (Wildman–Crippen LogP) is 8.44. The van der Waals surface area contributed by atoms with Crippen molar-refractivity contribution in [2.75, 3.05) is 5.12 Å². The Kier molecular flexibility index (Phi) is 6.28. The summed E-state index contributed by atoms with van der Waals surface area (Å²) in [6.07, 6.45) is 2.05. The molecule has 0 saturated carbocycles. The summed E-state index contributed by atoms with van der Waals surface area (Å²) in [5.41, 5.74) is 12.6. The molecule has 178 valence electrons. The molecule has 0 saturated heterocycles. The number of anilines is 1. The molecule has 0 aromatic heterocycles. The van der Waals surface area contributed by atoms with E-state index in [-0.39, 0.29) is 0 Å². The normalized spacial score (nSPS) is 12.9. The number of rotatable bonds is 5. The molecule has 0 bridgehead atoms. The lowest BCUT2D eigenvalue weighted by Gasteiger charge is -2.28. The summed E-state index contributed by atoms with van der Waals surface area (Å²) in [4.78, 5) is 0. The van der Waals surface area contributed by atoms with Crippen LogP contribution in [0.2, 0.25) is 5.02 Å². The van der Waals surface area contributed by atoms with E-state index in [4.69, 9.17) is 16.7 Å². The van der Waals surface area contributed by atoms with Crippen LogP contribution >= 0.6 is 11.6 Å². The Labute approximate surface area is 222 Å². The second-order valence-electron chi connectivity index (χ2n) is 8.81. The lowest BCUT2D eigenvalue weighted by atomic mass is 10.0. The molecule has 5 aromatic carbocycles. The van der Waals surface area contributed by atoms with Gasteiger partial charge in [-0.15, -0.1) is 0 Å². The minimum absolute atomic E-state index is 0.674. The van der Waals surface area contributed by atoms with Crippen LogP contribution in [0, 0.1) is 0 Å². The third-order valence-electron chi connectivity index (χ3n) is 6.35. The number of hydrazine groups is 1. The van der Waals surface area contributed by atoms with Gasteiger partial charge in [-0.05, 0) is 46.5 Å². The summed E-state index contributed by atoms with van der Waals surface area (Å²) >= 11 is 6.87. The van der Waals surface area contributed by atoms with Gasteiger partial charge in [0.2, 0.25) is 0 Å². The molecule has 0 aliphatic carbocycles. The molecule has 37 heavy (non-hydrogen) atoms. The molecular weight excluding hydrogens is 474 g/mol. The summed E-state index contributed by atoms with van der Waals surface area (Å²) < 4.78 is 0. The maximum Gasteiger partial charge on any atom is 0.0949 e. The molecule has 0 unspecified atom stereocenters. The van der Waals surface area contributed by atoms with Gasteiger partial charge in [0, 0.05) is 11.1 Å². The van der Waals surface area contributed by atoms with Crippen molar-refractivity contribution in [1.82, 2.24) is 5.43 Å². The highest BCUT2D eigenvalue weighted by molar-refractivity contribution is 6.33. The van der Waals surface area contributed by atoms with E-state index in [2.05, 4.69) is 96.4 Å². The Hall–Kier alpha value is -4.60. The summed E-state index contributed by atoms with van der Waals surface area (Å²) in [6.45, 7) is 0. The fourth-order valence-electron chi connectivity index (χ4n) is 4.45. The van der Waals surface area contributed by atoms with Crippen LogP contribution in [0.1, 0.15) is 11.1 Å². The third kappa shape index (κ3) is 4.90. The van der Waals surface area contributed by atoms with Crippen LogP contribution in [0.4, 0.5) is 5.69 Å². The van der Waals surface area contributed by atoms with Gasteiger partial charge in [-0.25, -0.2) is 0 Å². The lowest BCUT2D eigenvalue weighted by molar-refractivity contribution is 0.787. The lowest BCUT2D eigenvalue weighted by Crippen LogP contribution is -2.36. The Morgan fingerprint density at radius 2 is 1.11 bits per heavy atom. The topological polar surface area (TPSA) is 27.6 Å². The first kappa shape index (κ1) is 22.8. The molecule has 6 rings (SSSR count). The molecule has 5 aromatic rings. The summed E-state index contributed by atoms with van der Waals surface area (Å²) in [7, 11) is 0. The Morgan fingerprint density at radius 1 is 0.541 bits per heavy atom. The van der Waals surface area contributed by atoms with Gasteiger partial charge in [0.15, 0.2) is 0 Å². The standard InChI is InChI=1S/C33H24ClN3/c34-31-22-28(25-13-6-2-7-14-25)19-20-30(31)33-23-32(26-15-8-3-9-16-26)35-37(36-33)29-18-10-17-27(21-29)24-11-4-1-5-12-24/h1-23,36H. The van der Waals surface area contributed by atoms with Crippen molar-refractivity contribution < 1.29 is 0 Å². The van der Waals surface area contributed by atoms with Crippen molar-refractivity contribution in [3.05, 3.63) is 156 Å². The zero-order chi connectivity index (χ0) is 25.0. The first-order valence-electron chi connectivity index (χ1n) is 12.2. The number of nitrogens with zero attached hydrogens (tertiary/aromatic N) is 2. The van der Waals surface area contributed by atoms with Crippen molar-refractivity contribution >= 4 is 28.7 Å². The van der Waals surface area contributed by atoms with E-state index >= 15 is 0 Å². The summed E-state index contributed by atoms with van der Waals surface area (Å²) in [5.74, 6) is 0. The molecule has 0 amide bonds. The van der Waals surface area contributed by atoms with Gasteiger partial charge in [0.1, 0.15) is 0 Å². The second kappa shape index (κ2) is 10.2. The second-order valence-corrected chi connectivity index (χ2v) is 9.22. The smallest absolute Gasteiger partial charge is 0.0949 e. The van der Waals surface area contributed by atoms with Gasteiger partial charge in [0.05, 0.1) is 22.1 Å². The number of halogens is 1. The van der Waals surface area contributed by atoms with Gasteiger partial charge in [-0.3, -0.25) is 5.43 Å². The van der Waals surface area contributed by atoms with Crippen LogP contribution in [0.15, 0.2) is 145 Å². The van der Waals surface area contributed by atoms with Crippen molar-refractivity contribution in [2.45, 2.75) is 0 Å². The maximum atomic E-state index is 6.87. The molecular formula is C33H24ClN3. The van der Waals surface area contributed by atoms with E-state index in [1.165, 1.54) is 0 Å². The van der Waals surface area contributed by atoms with E-state index in [1.807, 2.05) is 53.6 Å².